The van der Waals surface area contributed by atoms with Crippen LogP contribution >= 0.6 is 0 Å². The van der Waals surface area contributed by atoms with E-state index in [1.807, 2.05) is 4.90 Å². The molecule has 0 aliphatic carbocycles. The molecule has 2 aliphatic rings. The monoisotopic (exact) mass is 374 g/mol. The lowest BCUT2D eigenvalue weighted by molar-refractivity contribution is -0.142. The Kier molecular flexibility index (Phi) is 5.45. The third-order valence-corrected chi connectivity index (χ3v) is 5.12. The fraction of sp³-hybridized carbons (Fsp3) is 0.526. The molecule has 0 saturated carbocycles. The summed E-state index contributed by atoms with van der Waals surface area (Å²) in [6, 6.07) is 6.29. The molecule has 1 N–H and O–H groups in total. The standard InChI is InChI=1S/C19H23FN4O3/c20-14-5-3-13(4-6-14)18-22-17(27-23-18)12-21-15-7-9-24(10-8-15)19(25)16-2-1-11-26-16/h3-6,15-16,21H,1-2,7-12H2. The van der Waals surface area contributed by atoms with Gasteiger partial charge >= 0.3 is 0 Å². The van der Waals surface area contributed by atoms with Crippen molar-refractivity contribution in [1.29, 1.82) is 0 Å². The minimum Gasteiger partial charge on any atom is -0.368 e. The van der Waals surface area contributed by atoms with Gasteiger partial charge in [0, 0.05) is 31.3 Å². The fourth-order valence-corrected chi connectivity index (χ4v) is 3.55. The van der Waals surface area contributed by atoms with Crippen molar-refractivity contribution in [3.05, 3.63) is 36.0 Å². The van der Waals surface area contributed by atoms with E-state index in [0.29, 0.717) is 36.5 Å². The number of nitrogens with zero attached hydrogens (tertiary/aromatic N) is 3. The molecule has 1 atom stereocenters. The van der Waals surface area contributed by atoms with E-state index in [9.17, 15) is 9.18 Å². The Hall–Kier alpha value is -2.32. The van der Waals surface area contributed by atoms with Crippen molar-refractivity contribution in [2.24, 2.45) is 0 Å². The van der Waals surface area contributed by atoms with Crippen LogP contribution in [0.2, 0.25) is 0 Å². The van der Waals surface area contributed by atoms with Crippen molar-refractivity contribution in [1.82, 2.24) is 20.4 Å². The van der Waals surface area contributed by atoms with E-state index >= 15 is 0 Å². The first kappa shape index (κ1) is 18.1. The number of piperidine rings is 1. The van der Waals surface area contributed by atoms with Gasteiger partial charge in [-0.05, 0) is 49.9 Å². The van der Waals surface area contributed by atoms with Crippen LogP contribution in [-0.2, 0) is 16.1 Å². The molecule has 8 heteroatoms. The summed E-state index contributed by atoms with van der Waals surface area (Å²) < 4.78 is 23.8. The second kappa shape index (κ2) is 8.14. The van der Waals surface area contributed by atoms with E-state index in [1.54, 1.807) is 12.1 Å². The van der Waals surface area contributed by atoms with E-state index in [4.69, 9.17) is 9.26 Å². The molecule has 2 saturated heterocycles. The van der Waals surface area contributed by atoms with Crippen molar-refractivity contribution in [3.8, 4) is 11.4 Å². The molecule has 1 aromatic heterocycles. The van der Waals surface area contributed by atoms with Crippen LogP contribution in [0.25, 0.3) is 11.4 Å². The zero-order chi connectivity index (χ0) is 18.6. The molecule has 4 rings (SSSR count). The van der Waals surface area contributed by atoms with Gasteiger partial charge in [0.2, 0.25) is 11.7 Å². The van der Waals surface area contributed by atoms with Crippen LogP contribution in [0.1, 0.15) is 31.6 Å². The van der Waals surface area contributed by atoms with Crippen LogP contribution < -0.4 is 5.32 Å². The number of ether oxygens (including phenoxy) is 1. The Labute approximate surface area is 156 Å². The number of halogens is 1. The lowest BCUT2D eigenvalue weighted by Gasteiger charge is -2.33. The molecule has 1 aromatic carbocycles. The fourth-order valence-electron chi connectivity index (χ4n) is 3.55. The number of carbonyl (C=O) groups excluding carboxylic acids is 1. The Bertz CT molecular complexity index is 766. The number of hydrogen-bond acceptors (Lipinski definition) is 6. The molecule has 2 fully saturated rings. The van der Waals surface area contributed by atoms with Crippen molar-refractivity contribution >= 4 is 5.91 Å². The highest BCUT2D eigenvalue weighted by molar-refractivity contribution is 5.81. The summed E-state index contributed by atoms with van der Waals surface area (Å²) in [7, 11) is 0. The normalized spacial score (nSPS) is 20.9. The van der Waals surface area contributed by atoms with Crippen molar-refractivity contribution < 1.29 is 18.4 Å². The number of nitrogens with one attached hydrogen (secondary N) is 1. The largest absolute Gasteiger partial charge is 0.368 e. The maximum atomic E-state index is 13.0. The summed E-state index contributed by atoms with van der Waals surface area (Å²) in [4.78, 5) is 18.6. The van der Waals surface area contributed by atoms with E-state index in [2.05, 4.69) is 15.5 Å². The molecule has 0 spiro atoms. The van der Waals surface area contributed by atoms with Gasteiger partial charge in [-0.25, -0.2) is 4.39 Å². The Morgan fingerprint density at radius 1 is 1.22 bits per heavy atom. The van der Waals surface area contributed by atoms with Gasteiger partial charge in [-0.15, -0.1) is 0 Å². The SMILES string of the molecule is O=C(C1CCCO1)N1CCC(NCc2nc(-c3ccc(F)cc3)no2)CC1. The van der Waals surface area contributed by atoms with Crippen molar-refractivity contribution in [3.63, 3.8) is 0 Å². The van der Waals surface area contributed by atoms with Gasteiger partial charge in [0.15, 0.2) is 0 Å². The summed E-state index contributed by atoms with van der Waals surface area (Å²) in [5.74, 6) is 0.774. The molecule has 27 heavy (non-hydrogen) atoms. The van der Waals surface area contributed by atoms with E-state index in [0.717, 1.165) is 38.8 Å². The van der Waals surface area contributed by atoms with Crippen LogP contribution in [0.5, 0.6) is 0 Å². The lowest BCUT2D eigenvalue weighted by Crippen LogP contribution is -2.47. The van der Waals surface area contributed by atoms with E-state index in [-0.39, 0.29) is 17.8 Å². The number of aromatic nitrogens is 2. The first-order chi connectivity index (χ1) is 13.2. The molecule has 0 radical (unpaired) electrons. The molecular formula is C19H23FN4O3. The van der Waals surface area contributed by atoms with Crippen LogP contribution in [0, 0.1) is 5.82 Å². The molecule has 7 nitrogen and oxygen atoms in total. The first-order valence-electron chi connectivity index (χ1n) is 9.41. The molecule has 2 aromatic rings. The maximum absolute atomic E-state index is 13.0. The van der Waals surface area contributed by atoms with Gasteiger partial charge in [0.1, 0.15) is 11.9 Å². The highest BCUT2D eigenvalue weighted by Crippen LogP contribution is 2.19. The molecule has 1 unspecified atom stereocenters. The zero-order valence-corrected chi connectivity index (χ0v) is 15.1. The summed E-state index contributed by atoms with van der Waals surface area (Å²) in [6.07, 6.45) is 3.34. The second-order valence-corrected chi connectivity index (χ2v) is 7.00. The van der Waals surface area contributed by atoms with E-state index < -0.39 is 0 Å². The molecule has 3 heterocycles. The summed E-state index contributed by atoms with van der Waals surface area (Å²) >= 11 is 0. The summed E-state index contributed by atoms with van der Waals surface area (Å²) in [5, 5.41) is 7.36. The highest BCUT2D eigenvalue weighted by atomic mass is 19.1. The minimum atomic E-state index is -0.298. The molecule has 0 bridgehead atoms. The predicted molar refractivity (Wildman–Crippen MR) is 95.1 cm³/mol. The van der Waals surface area contributed by atoms with Crippen LogP contribution in [0.4, 0.5) is 4.39 Å². The first-order valence-corrected chi connectivity index (χ1v) is 9.41. The number of hydrogen-bond donors (Lipinski definition) is 1. The topological polar surface area (TPSA) is 80.5 Å². The van der Waals surface area contributed by atoms with Gasteiger partial charge in [0.25, 0.3) is 5.91 Å². The predicted octanol–water partition coefficient (Wildman–Crippen LogP) is 2.14. The van der Waals surface area contributed by atoms with Gasteiger partial charge in [0.05, 0.1) is 6.54 Å². The van der Waals surface area contributed by atoms with Crippen molar-refractivity contribution in [2.75, 3.05) is 19.7 Å². The zero-order valence-electron chi connectivity index (χ0n) is 15.1. The Morgan fingerprint density at radius 3 is 2.70 bits per heavy atom. The van der Waals surface area contributed by atoms with Crippen LogP contribution in [0.3, 0.4) is 0 Å². The maximum Gasteiger partial charge on any atom is 0.251 e. The number of carbonyl (C=O) groups is 1. The van der Waals surface area contributed by atoms with Crippen LogP contribution in [-0.4, -0.2) is 52.8 Å². The molecule has 2 aliphatic heterocycles. The second-order valence-electron chi connectivity index (χ2n) is 7.00. The smallest absolute Gasteiger partial charge is 0.251 e. The Morgan fingerprint density at radius 2 is 2.00 bits per heavy atom. The average Bonchev–Trinajstić information content (AvgIpc) is 3.39. The third-order valence-electron chi connectivity index (χ3n) is 5.12. The molecule has 1 amide bonds. The number of likely N-dealkylation sites (tertiary alicyclic amines) is 1. The van der Waals surface area contributed by atoms with Gasteiger partial charge < -0.3 is 19.5 Å². The van der Waals surface area contributed by atoms with Crippen molar-refractivity contribution in [2.45, 2.75) is 44.4 Å². The highest BCUT2D eigenvalue weighted by Gasteiger charge is 2.30. The minimum absolute atomic E-state index is 0.131. The van der Waals surface area contributed by atoms with Gasteiger partial charge in [-0.1, -0.05) is 5.16 Å². The number of amides is 1. The third kappa shape index (κ3) is 4.33. The molecule has 144 valence electrons. The van der Waals surface area contributed by atoms with E-state index in [1.165, 1.54) is 12.1 Å². The average molecular weight is 374 g/mol. The summed E-state index contributed by atoms with van der Waals surface area (Å²) in [6.45, 7) is 2.64. The Balaban J connectivity index is 1.24. The van der Waals surface area contributed by atoms with Gasteiger partial charge in [-0.3, -0.25) is 4.79 Å². The molecular weight excluding hydrogens is 351 g/mol. The van der Waals surface area contributed by atoms with Gasteiger partial charge in [-0.2, -0.15) is 4.98 Å². The quantitative estimate of drug-likeness (QED) is 0.864. The number of rotatable bonds is 5. The lowest BCUT2D eigenvalue weighted by atomic mass is 10.0. The van der Waals surface area contributed by atoms with Crippen LogP contribution in [0.15, 0.2) is 28.8 Å². The summed E-state index contributed by atoms with van der Waals surface area (Å²) in [5.41, 5.74) is 0.715. The number of benzene rings is 1.